The minimum Gasteiger partial charge on any atom is -0.449 e. The van der Waals surface area contributed by atoms with Crippen molar-refractivity contribution in [2.75, 3.05) is 39.3 Å². The number of allylic oxidation sites excluding steroid dienone is 1. The third-order valence-electron chi connectivity index (χ3n) is 4.10. The summed E-state index contributed by atoms with van der Waals surface area (Å²) in [6.07, 6.45) is 1.52. The first-order valence-corrected chi connectivity index (χ1v) is 14.1. The standard InChI is InChI=1S/C12H13N3O2.C3H14O2Si3/c16-9-7-8(13-1-2-13)12(17)11(15-5-6-15)10(9)14-3-4-14;1-8(2,3)5-7-4-6/h7H,1-6H2;7H2,1-3,6H3. The number of nitrogens with zero attached hydrogens (tertiary/aromatic N) is 3. The van der Waals surface area contributed by atoms with Gasteiger partial charge >= 0.3 is 0 Å². The monoisotopic (exact) mass is 397 g/mol. The van der Waals surface area contributed by atoms with E-state index in [1.165, 1.54) is 6.08 Å². The van der Waals surface area contributed by atoms with Crippen molar-refractivity contribution in [2.45, 2.75) is 19.6 Å². The van der Waals surface area contributed by atoms with Gasteiger partial charge in [-0.05, 0) is 19.6 Å². The molecule has 0 amide bonds. The van der Waals surface area contributed by atoms with E-state index < -0.39 is 18.3 Å². The molecule has 0 spiro atoms. The first kappa shape index (κ1) is 18.6. The van der Waals surface area contributed by atoms with E-state index >= 15 is 0 Å². The lowest BCUT2D eigenvalue weighted by molar-refractivity contribution is -0.117. The van der Waals surface area contributed by atoms with Crippen LogP contribution in [-0.2, 0) is 17.8 Å². The van der Waals surface area contributed by atoms with Gasteiger partial charge in [0.25, 0.3) is 10.0 Å². The van der Waals surface area contributed by atoms with Crippen LogP contribution in [0.1, 0.15) is 0 Å². The van der Waals surface area contributed by atoms with Crippen LogP contribution in [0.25, 0.3) is 0 Å². The smallest absolute Gasteiger partial charge is 0.283 e. The summed E-state index contributed by atoms with van der Waals surface area (Å²) in [6.45, 7) is 11.9. The number of hydrogen-bond donors (Lipinski definition) is 0. The average Bonchev–Trinajstić information content (AvgIpc) is 3.38. The van der Waals surface area contributed by atoms with Gasteiger partial charge in [0.15, 0.2) is 8.32 Å². The van der Waals surface area contributed by atoms with Crippen LogP contribution in [0.3, 0.4) is 0 Å². The van der Waals surface area contributed by atoms with Crippen LogP contribution in [0.5, 0.6) is 0 Å². The molecule has 3 saturated heterocycles. The summed E-state index contributed by atoms with van der Waals surface area (Å²) in [5.74, 6) is 0.0485. The first-order valence-electron chi connectivity index (χ1n) is 8.74. The second-order valence-corrected chi connectivity index (χ2v) is 15.5. The maximum atomic E-state index is 12.4. The second-order valence-electron chi connectivity index (χ2n) is 7.54. The fourth-order valence-electron chi connectivity index (χ4n) is 2.51. The second kappa shape index (κ2) is 7.19. The van der Waals surface area contributed by atoms with Crippen molar-refractivity contribution in [3.63, 3.8) is 0 Å². The quantitative estimate of drug-likeness (QED) is 0.301. The lowest BCUT2D eigenvalue weighted by Gasteiger charge is -2.21. The highest BCUT2D eigenvalue weighted by Gasteiger charge is 2.43. The number of ketones is 2. The van der Waals surface area contributed by atoms with E-state index in [0.29, 0.717) is 17.1 Å². The summed E-state index contributed by atoms with van der Waals surface area (Å²) in [4.78, 5) is 30.5. The van der Waals surface area contributed by atoms with Crippen molar-refractivity contribution in [2.24, 2.45) is 0 Å². The normalized spacial score (nSPS) is 22.5. The maximum Gasteiger partial charge on any atom is 0.283 e. The van der Waals surface area contributed by atoms with Crippen LogP contribution in [0.4, 0.5) is 0 Å². The lowest BCUT2D eigenvalue weighted by Crippen LogP contribution is -2.29. The van der Waals surface area contributed by atoms with Crippen molar-refractivity contribution < 1.29 is 17.8 Å². The Labute approximate surface area is 155 Å². The Morgan fingerprint density at radius 1 is 0.960 bits per heavy atom. The summed E-state index contributed by atoms with van der Waals surface area (Å²) in [5.41, 5.74) is 1.89. The number of rotatable bonds is 6. The molecule has 3 fully saturated rings. The lowest BCUT2D eigenvalue weighted by atomic mass is 10.0. The Kier molecular flexibility index (Phi) is 5.34. The number of hydrogen-bond acceptors (Lipinski definition) is 7. The minimum atomic E-state index is -1.22. The third-order valence-corrected chi connectivity index (χ3v) is 8.98. The van der Waals surface area contributed by atoms with Crippen LogP contribution < -0.4 is 0 Å². The molecule has 7 nitrogen and oxygen atoms in total. The largest absolute Gasteiger partial charge is 0.449 e. The predicted molar refractivity (Wildman–Crippen MR) is 104 cm³/mol. The zero-order valence-electron chi connectivity index (χ0n) is 15.5. The average molecular weight is 398 g/mol. The van der Waals surface area contributed by atoms with E-state index in [2.05, 4.69) is 19.6 Å². The molecule has 0 bridgehead atoms. The van der Waals surface area contributed by atoms with Gasteiger partial charge in [-0.1, -0.05) is 0 Å². The summed E-state index contributed by atoms with van der Waals surface area (Å²) in [6, 6.07) is 0. The summed E-state index contributed by atoms with van der Waals surface area (Å²) in [5, 5.41) is 0. The third kappa shape index (κ3) is 4.91. The number of carbonyl (C=O) groups is 2. The van der Waals surface area contributed by atoms with E-state index in [-0.39, 0.29) is 11.6 Å². The fourth-order valence-corrected chi connectivity index (χ4v) is 5.46. The SMILES string of the molecule is C[Si](C)(C)O[SiH2]O[SiH3].O=C1C=C(N2CC2)C(=O)C(N2CC2)=C1N1CC1. The van der Waals surface area contributed by atoms with Gasteiger partial charge in [-0.3, -0.25) is 9.59 Å². The Morgan fingerprint density at radius 2 is 1.48 bits per heavy atom. The van der Waals surface area contributed by atoms with Crippen molar-refractivity contribution in [1.29, 1.82) is 0 Å². The molecule has 0 aromatic heterocycles. The molecule has 3 aliphatic heterocycles. The highest BCUT2D eigenvalue weighted by molar-refractivity contribution is 6.73. The Balaban J connectivity index is 0.000000197. The van der Waals surface area contributed by atoms with Gasteiger partial charge in [0, 0.05) is 45.3 Å². The van der Waals surface area contributed by atoms with Crippen LogP contribution >= 0.6 is 0 Å². The van der Waals surface area contributed by atoms with Crippen molar-refractivity contribution in [3.8, 4) is 0 Å². The molecule has 0 unspecified atom stereocenters. The maximum absolute atomic E-state index is 12.4. The van der Waals surface area contributed by atoms with Gasteiger partial charge < -0.3 is 22.9 Å². The highest BCUT2D eigenvalue weighted by atomic mass is 28.4. The molecule has 0 N–H and O–H groups in total. The van der Waals surface area contributed by atoms with Crippen LogP contribution in [0, 0.1) is 0 Å². The van der Waals surface area contributed by atoms with E-state index in [9.17, 15) is 9.59 Å². The Hall–Kier alpha value is -1.21. The molecule has 10 heteroatoms. The molecule has 25 heavy (non-hydrogen) atoms. The molecular weight excluding hydrogens is 370 g/mol. The van der Waals surface area contributed by atoms with Gasteiger partial charge in [0.05, 0.1) is 5.70 Å². The Morgan fingerprint density at radius 3 is 1.88 bits per heavy atom. The van der Waals surface area contributed by atoms with E-state index in [1.807, 2.05) is 14.7 Å². The summed E-state index contributed by atoms with van der Waals surface area (Å²) >= 11 is 0. The van der Waals surface area contributed by atoms with Crippen LogP contribution in [0.15, 0.2) is 23.2 Å². The molecule has 0 aromatic carbocycles. The zero-order valence-corrected chi connectivity index (χ0v) is 19.9. The van der Waals surface area contributed by atoms with Gasteiger partial charge in [-0.25, -0.2) is 0 Å². The number of carbonyl (C=O) groups excluding carboxylic acids is 2. The van der Waals surface area contributed by atoms with Gasteiger partial charge in [0.1, 0.15) is 21.9 Å². The molecule has 3 heterocycles. The Bertz CT molecular complexity index is 632. The first-order chi connectivity index (χ1) is 11.8. The van der Waals surface area contributed by atoms with Crippen molar-refractivity contribution in [3.05, 3.63) is 23.2 Å². The predicted octanol–water partition coefficient (Wildman–Crippen LogP) is -1.69. The van der Waals surface area contributed by atoms with Gasteiger partial charge in [-0.2, -0.15) is 0 Å². The molecule has 1 aliphatic carbocycles. The molecule has 0 radical (unpaired) electrons. The van der Waals surface area contributed by atoms with Crippen molar-refractivity contribution >= 4 is 40.4 Å². The fraction of sp³-hybridized carbons (Fsp3) is 0.600. The molecular formula is C15H27N3O4Si3. The van der Waals surface area contributed by atoms with Crippen molar-refractivity contribution in [1.82, 2.24) is 14.7 Å². The van der Waals surface area contributed by atoms with E-state index in [4.69, 9.17) is 8.23 Å². The van der Waals surface area contributed by atoms with Crippen LogP contribution in [0.2, 0.25) is 19.6 Å². The summed E-state index contributed by atoms with van der Waals surface area (Å²) in [7, 11) is -0.937. The van der Waals surface area contributed by atoms with Crippen LogP contribution in [-0.4, -0.2) is 94.3 Å². The highest BCUT2D eigenvalue weighted by Crippen LogP contribution is 2.33. The van der Waals surface area contributed by atoms with Gasteiger partial charge in [-0.15, -0.1) is 0 Å². The topological polar surface area (TPSA) is 61.6 Å². The molecule has 4 rings (SSSR count). The van der Waals surface area contributed by atoms with E-state index in [1.54, 1.807) is 0 Å². The molecule has 0 saturated carbocycles. The number of Topliss-reactive ketones (excluding diaryl/α,β-unsaturated/α-hetero) is 1. The molecule has 0 atom stereocenters. The zero-order chi connectivity index (χ0) is 18.2. The molecule has 0 aromatic rings. The molecule has 138 valence electrons. The van der Waals surface area contributed by atoms with E-state index in [0.717, 1.165) is 49.8 Å². The minimum absolute atomic E-state index is 0.00546. The molecule has 4 aliphatic rings. The van der Waals surface area contributed by atoms with Gasteiger partial charge in [0.2, 0.25) is 11.6 Å². The summed E-state index contributed by atoms with van der Waals surface area (Å²) < 4.78 is 10.5.